The highest BCUT2D eigenvalue weighted by molar-refractivity contribution is 6.42. The second-order valence-corrected chi connectivity index (χ2v) is 6.16. The van der Waals surface area contributed by atoms with Crippen molar-refractivity contribution in [1.29, 1.82) is 5.26 Å². The zero-order valence-electron chi connectivity index (χ0n) is 12.6. The zero-order valence-corrected chi connectivity index (χ0v) is 14.1. The Morgan fingerprint density at radius 2 is 1.96 bits per heavy atom. The number of hydrogen-bond donors (Lipinski definition) is 2. The number of carbonyl (C=O) groups is 2. The Labute approximate surface area is 149 Å². The van der Waals surface area contributed by atoms with E-state index in [9.17, 15) is 14.9 Å². The zero-order chi connectivity index (χ0) is 17.7. The van der Waals surface area contributed by atoms with E-state index in [1.165, 1.54) is 11.1 Å². The van der Waals surface area contributed by atoms with Gasteiger partial charge in [0.25, 0.3) is 5.91 Å². The molecule has 1 aliphatic heterocycles. The number of nitrogens with one attached hydrogen (secondary N) is 1. The standard InChI is InChI=1S/C16H15Cl2N3O3/c17-13-2-1-12(7-14(13)18)20-9-11(8-19)15(22)21-5-3-10(4-6-21)16(23)24/h1-2,7,9-10,20H,3-6H2,(H,23,24)/b11-9-. The molecule has 6 nitrogen and oxygen atoms in total. The molecule has 1 aromatic carbocycles. The number of amides is 1. The molecule has 0 aromatic heterocycles. The van der Waals surface area contributed by atoms with E-state index < -0.39 is 17.8 Å². The predicted molar refractivity (Wildman–Crippen MR) is 90.7 cm³/mol. The predicted octanol–water partition coefficient (Wildman–Crippen LogP) is 3.14. The third-order valence-corrected chi connectivity index (χ3v) is 4.52. The highest BCUT2D eigenvalue weighted by Crippen LogP contribution is 2.25. The molecule has 24 heavy (non-hydrogen) atoms. The molecule has 0 radical (unpaired) electrons. The van der Waals surface area contributed by atoms with Gasteiger partial charge in [-0.15, -0.1) is 0 Å². The van der Waals surface area contributed by atoms with Crippen molar-refractivity contribution < 1.29 is 14.7 Å². The van der Waals surface area contributed by atoms with Gasteiger partial charge in [0.05, 0.1) is 16.0 Å². The van der Waals surface area contributed by atoms with Gasteiger partial charge in [0.2, 0.25) is 0 Å². The maximum Gasteiger partial charge on any atom is 0.306 e. The van der Waals surface area contributed by atoms with Crippen LogP contribution in [0.5, 0.6) is 0 Å². The smallest absolute Gasteiger partial charge is 0.306 e. The maximum atomic E-state index is 12.3. The van der Waals surface area contributed by atoms with Gasteiger partial charge in [-0.25, -0.2) is 0 Å². The summed E-state index contributed by atoms with van der Waals surface area (Å²) in [6.45, 7) is 0.642. The van der Waals surface area contributed by atoms with E-state index in [1.807, 2.05) is 6.07 Å². The van der Waals surface area contributed by atoms with Crippen molar-refractivity contribution in [2.75, 3.05) is 18.4 Å². The Morgan fingerprint density at radius 3 is 2.50 bits per heavy atom. The van der Waals surface area contributed by atoms with Crippen LogP contribution in [0.2, 0.25) is 10.0 Å². The number of piperidine rings is 1. The fraction of sp³-hybridized carbons (Fsp3) is 0.312. The van der Waals surface area contributed by atoms with Crippen molar-refractivity contribution >= 4 is 40.8 Å². The summed E-state index contributed by atoms with van der Waals surface area (Å²) in [5.41, 5.74) is 0.532. The first-order valence-electron chi connectivity index (χ1n) is 7.26. The molecule has 0 aliphatic carbocycles. The van der Waals surface area contributed by atoms with Gasteiger partial charge in [0.15, 0.2) is 0 Å². The molecule has 0 spiro atoms. The van der Waals surface area contributed by atoms with Gasteiger partial charge in [0, 0.05) is 25.0 Å². The number of nitriles is 1. The lowest BCUT2D eigenvalue weighted by Crippen LogP contribution is -2.40. The van der Waals surface area contributed by atoms with Crippen LogP contribution in [0.15, 0.2) is 30.0 Å². The molecule has 1 fully saturated rings. The number of halogens is 2. The molecular weight excluding hydrogens is 353 g/mol. The van der Waals surface area contributed by atoms with E-state index in [0.29, 0.717) is 41.7 Å². The second kappa shape index (κ2) is 8.04. The lowest BCUT2D eigenvalue weighted by Gasteiger charge is -2.29. The van der Waals surface area contributed by atoms with Crippen molar-refractivity contribution in [3.63, 3.8) is 0 Å². The largest absolute Gasteiger partial charge is 0.481 e. The van der Waals surface area contributed by atoms with Crippen LogP contribution >= 0.6 is 23.2 Å². The lowest BCUT2D eigenvalue weighted by atomic mass is 9.97. The van der Waals surface area contributed by atoms with E-state index >= 15 is 0 Å². The first-order chi connectivity index (χ1) is 11.4. The summed E-state index contributed by atoms with van der Waals surface area (Å²) in [7, 11) is 0. The van der Waals surface area contributed by atoms with Crippen LogP contribution < -0.4 is 5.32 Å². The molecule has 0 atom stereocenters. The minimum atomic E-state index is -0.848. The van der Waals surface area contributed by atoms with Gasteiger partial charge in [-0.2, -0.15) is 5.26 Å². The molecule has 0 unspecified atom stereocenters. The van der Waals surface area contributed by atoms with Gasteiger partial charge in [0.1, 0.15) is 11.6 Å². The molecule has 126 valence electrons. The summed E-state index contributed by atoms with van der Waals surface area (Å²) in [6.07, 6.45) is 2.09. The van der Waals surface area contributed by atoms with Crippen molar-refractivity contribution in [3.8, 4) is 6.07 Å². The van der Waals surface area contributed by atoms with E-state index in [-0.39, 0.29) is 5.57 Å². The van der Waals surface area contributed by atoms with E-state index in [4.69, 9.17) is 28.3 Å². The normalized spacial score (nSPS) is 15.7. The van der Waals surface area contributed by atoms with Crippen molar-refractivity contribution in [1.82, 2.24) is 4.90 Å². The Hall–Kier alpha value is -2.23. The summed E-state index contributed by atoms with van der Waals surface area (Å²) in [4.78, 5) is 24.8. The van der Waals surface area contributed by atoms with Crippen LogP contribution in [0.1, 0.15) is 12.8 Å². The quantitative estimate of drug-likeness (QED) is 0.629. The Balaban J connectivity index is 2.02. The number of rotatable bonds is 4. The van der Waals surface area contributed by atoms with Crippen molar-refractivity contribution in [2.24, 2.45) is 5.92 Å². The first-order valence-corrected chi connectivity index (χ1v) is 8.02. The summed E-state index contributed by atoms with van der Waals surface area (Å²) >= 11 is 11.7. The average Bonchev–Trinajstić information content (AvgIpc) is 2.58. The molecular formula is C16H15Cl2N3O3. The number of benzene rings is 1. The SMILES string of the molecule is N#C/C(=C/Nc1ccc(Cl)c(Cl)c1)C(=O)N1CCC(C(=O)O)CC1. The summed E-state index contributed by atoms with van der Waals surface area (Å²) in [5.74, 6) is -1.70. The Morgan fingerprint density at radius 1 is 1.29 bits per heavy atom. The first kappa shape index (κ1) is 18.1. The van der Waals surface area contributed by atoms with Crippen molar-refractivity contribution in [2.45, 2.75) is 12.8 Å². The van der Waals surface area contributed by atoms with E-state index in [0.717, 1.165) is 0 Å². The second-order valence-electron chi connectivity index (χ2n) is 5.35. The highest BCUT2D eigenvalue weighted by Gasteiger charge is 2.28. The molecule has 0 saturated carbocycles. The lowest BCUT2D eigenvalue weighted by molar-refractivity contribution is -0.145. The van der Waals surface area contributed by atoms with Crippen LogP contribution in [-0.4, -0.2) is 35.0 Å². The Kier molecular flexibility index (Phi) is 6.07. The van der Waals surface area contributed by atoms with Gasteiger partial charge < -0.3 is 15.3 Å². The number of anilines is 1. The third kappa shape index (κ3) is 4.40. The number of nitrogens with zero attached hydrogens (tertiary/aromatic N) is 2. The molecule has 2 N–H and O–H groups in total. The van der Waals surface area contributed by atoms with E-state index in [1.54, 1.807) is 18.2 Å². The van der Waals surface area contributed by atoms with Crippen LogP contribution in [0.3, 0.4) is 0 Å². The molecule has 0 bridgehead atoms. The van der Waals surface area contributed by atoms with Crippen LogP contribution in [-0.2, 0) is 9.59 Å². The fourth-order valence-electron chi connectivity index (χ4n) is 2.38. The van der Waals surface area contributed by atoms with Crippen molar-refractivity contribution in [3.05, 3.63) is 40.0 Å². The van der Waals surface area contributed by atoms with Gasteiger partial charge >= 0.3 is 5.97 Å². The molecule has 2 rings (SSSR count). The highest BCUT2D eigenvalue weighted by atomic mass is 35.5. The van der Waals surface area contributed by atoms with Crippen LogP contribution in [0, 0.1) is 17.2 Å². The summed E-state index contributed by atoms with van der Waals surface area (Å²) in [5, 5.41) is 21.8. The topological polar surface area (TPSA) is 93.4 Å². The van der Waals surface area contributed by atoms with Crippen LogP contribution in [0.25, 0.3) is 0 Å². The minimum Gasteiger partial charge on any atom is -0.481 e. The monoisotopic (exact) mass is 367 g/mol. The number of likely N-dealkylation sites (tertiary alicyclic amines) is 1. The minimum absolute atomic E-state index is 0.0603. The van der Waals surface area contributed by atoms with Gasteiger partial charge in [-0.3, -0.25) is 9.59 Å². The van der Waals surface area contributed by atoms with E-state index in [2.05, 4.69) is 5.32 Å². The number of hydrogen-bond acceptors (Lipinski definition) is 4. The average molecular weight is 368 g/mol. The Bertz CT molecular complexity index is 720. The summed E-state index contributed by atoms with van der Waals surface area (Å²) < 4.78 is 0. The maximum absolute atomic E-state index is 12.3. The molecule has 8 heteroatoms. The van der Waals surface area contributed by atoms with Gasteiger partial charge in [-0.1, -0.05) is 23.2 Å². The number of carboxylic acids is 1. The van der Waals surface area contributed by atoms with Crippen LogP contribution in [0.4, 0.5) is 5.69 Å². The fourth-order valence-corrected chi connectivity index (χ4v) is 2.68. The molecule has 1 heterocycles. The summed E-state index contributed by atoms with van der Waals surface area (Å²) in [6, 6.07) is 6.71. The number of aliphatic carboxylic acids is 1. The number of carbonyl (C=O) groups excluding carboxylic acids is 1. The molecule has 1 aliphatic rings. The third-order valence-electron chi connectivity index (χ3n) is 3.79. The molecule has 1 saturated heterocycles. The van der Waals surface area contributed by atoms with Gasteiger partial charge in [-0.05, 0) is 31.0 Å². The number of carboxylic acid groups (broad SMARTS) is 1. The molecule has 1 aromatic rings. The molecule has 1 amide bonds.